The van der Waals surface area contributed by atoms with Gasteiger partial charge in [0.2, 0.25) is 10.0 Å². The number of hydrogen-bond acceptors (Lipinski definition) is 7. The van der Waals surface area contributed by atoms with Gasteiger partial charge in [-0.3, -0.25) is 9.52 Å². The largest absolute Gasteiger partial charge is 0.369 e. The Hall–Kier alpha value is -2.89. The zero-order valence-electron chi connectivity index (χ0n) is 21.7. The summed E-state index contributed by atoms with van der Waals surface area (Å²) >= 11 is 6.20. The van der Waals surface area contributed by atoms with E-state index in [9.17, 15) is 13.2 Å². The van der Waals surface area contributed by atoms with Crippen LogP contribution in [-0.2, 0) is 10.0 Å². The molecule has 2 aliphatic rings. The SMILES string of the molecule is Cc1cn2nc([C@@H]3CCCCN3C(=O)c3cc(Cl)ccc3NS(C)(=O)=O)cc2nc1NCC1CCCNC1. The van der Waals surface area contributed by atoms with Crippen LogP contribution >= 0.6 is 11.6 Å². The molecule has 38 heavy (non-hydrogen) atoms. The summed E-state index contributed by atoms with van der Waals surface area (Å²) in [6, 6.07) is 6.28. The molecule has 0 saturated carbocycles. The number of nitrogens with one attached hydrogen (secondary N) is 3. The number of rotatable bonds is 7. The zero-order chi connectivity index (χ0) is 26.9. The maximum absolute atomic E-state index is 13.8. The number of carbonyl (C=O) groups is 1. The van der Waals surface area contributed by atoms with Crippen molar-refractivity contribution in [3.05, 3.63) is 52.3 Å². The van der Waals surface area contributed by atoms with E-state index in [0.717, 1.165) is 67.9 Å². The van der Waals surface area contributed by atoms with Crippen molar-refractivity contribution in [2.24, 2.45) is 5.92 Å². The van der Waals surface area contributed by atoms with Gasteiger partial charge in [-0.25, -0.2) is 17.9 Å². The first kappa shape index (κ1) is 26.7. The number of anilines is 2. The fraction of sp³-hybridized carbons (Fsp3) is 0.500. The van der Waals surface area contributed by atoms with Crippen LogP contribution in [0.25, 0.3) is 5.65 Å². The molecule has 2 aromatic heterocycles. The Bertz CT molecular complexity index is 1440. The van der Waals surface area contributed by atoms with Crippen molar-refractivity contribution >= 4 is 44.7 Å². The quantitative estimate of drug-likeness (QED) is 0.402. The van der Waals surface area contributed by atoms with Crippen LogP contribution in [-0.4, -0.2) is 66.3 Å². The third kappa shape index (κ3) is 6.05. The number of piperidine rings is 2. The molecule has 0 aliphatic carbocycles. The topological polar surface area (TPSA) is 121 Å². The summed E-state index contributed by atoms with van der Waals surface area (Å²) in [6.45, 7) is 5.53. The molecule has 2 fully saturated rings. The van der Waals surface area contributed by atoms with Crippen molar-refractivity contribution < 1.29 is 13.2 Å². The van der Waals surface area contributed by atoms with Gasteiger partial charge in [0.25, 0.3) is 5.91 Å². The van der Waals surface area contributed by atoms with E-state index in [0.29, 0.717) is 17.5 Å². The number of hydrogen-bond donors (Lipinski definition) is 3. The Kier molecular flexibility index (Phi) is 7.78. The van der Waals surface area contributed by atoms with Crippen molar-refractivity contribution in [2.45, 2.75) is 45.1 Å². The summed E-state index contributed by atoms with van der Waals surface area (Å²) in [5.41, 5.74) is 2.91. The molecule has 2 atom stereocenters. The number of halogens is 1. The van der Waals surface area contributed by atoms with Gasteiger partial charge >= 0.3 is 0 Å². The minimum Gasteiger partial charge on any atom is -0.369 e. The second kappa shape index (κ2) is 11.1. The maximum atomic E-state index is 13.8. The van der Waals surface area contributed by atoms with Crippen LogP contribution in [0.4, 0.5) is 11.5 Å². The molecular formula is C26H34ClN7O3S. The first-order valence-electron chi connectivity index (χ1n) is 13.1. The molecule has 3 N–H and O–H groups in total. The van der Waals surface area contributed by atoms with Gasteiger partial charge in [0.15, 0.2) is 5.65 Å². The van der Waals surface area contributed by atoms with E-state index in [2.05, 4.69) is 15.4 Å². The summed E-state index contributed by atoms with van der Waals surface area (Å²) in [6.07, 6.45) is 7.99. The van der Waals surface area contributed by atoms with Gasteiger partial charge in [0.05, 0.1) is 29.2 Å². The number of sulfonamides is 1. The minimum atomic E-state index is -3.58. The van der Waals surface area contributed by atoms with Gasteiger partial charge in [-0.1, -0.05) is 11.6 Å². The lowest BCUT2D eigenvalue weighted by Gasteiger charge is -2.35. The summed E-state index contributed by atoms with van der Waals surface area (Å²) in [7, 11) is -3.58. The Morgan fingerprint density at radius 1 is 1.21 bits per heavy atom. The smallest absolute Gasteiger partial charge is 0.256 e. The monoisotopic (exact) mass is 559 g/mol. The second-order valence-corrected chi connectivity index (χ2v) is 12.5. The standard InChI is InChI=1S/C26H34ClN7O3S/c1-17-16-34-24(30-25(17)29-15-18-6-5-10-28-14-18)13-22(31-34)23-7-3-4-11-33(23)26(35)20-12-19(27)8-9-21(20)32-38(2,36)37/h8-9,12-13,16,18,23,28,32H,3-7,10-11,14-15H2,1-2H3,(H,29,30)/t18?,23-/m0/s1. The highest BCUT2D eigenvalue weighted by Gasteiger charge is 2.32. The lowest BCUT2D eigenvalue weighted by molar-refractivity contribution is 0.0607. The number of aromatic nitrogens is 3. The fourth-order valence-electron chi connectivity index (χ4n) is 5.33. The highest BCUT2D eigenvalue weighted by molar-refractivity contribution is 7.92. The molecule has 2 aliphatic heterocycles. The number of aryl methyl sites for hydroxylation is 1. The van der Waals surface area contributed by atoms with Gasteiger partial charge < -0.3 is 15.5 Å². The normalized spacial score (nSPS) is 20.4. The Labute approximate surface area is 228 Å². The van der Waals surface area contributed by atoms with Crippen molar-refractivity contribution in [3.63, 3.8) is 0 Å². The highest BCUT2D eigenvalue weighted by Crippen LogP contribution is 2.34. The average Bonchev–Trinajstić information content (AvgIpc) is 3.30. The fourth-order valence-corrected chi connectivity index (χ4v) is 6.08. The van der Waals surface area contributed by atoms with Crippen LogP contribution in [0.15, 0.2) is 30.5 Å². The van der Waals surface area contributed by atoms with Gasteiger partial charge in [0, 0.05) is 35.9 Å². The second-order valence-electron chi connectivity index (χ2n) is 10.3. The Morgan fingerprint density at radius 3 is 2.82 bits per heavy atom. The van der Waals surface area contributed by atoms with Crippen molar-refractivity contribution in [3.8, 4) is 0 Å². The summed E-state index contributed by atoms with van der Waals surface area (Å²) < 4.78 is 28.0. The van der Waals surface area contributed by atoms with Crippen molar-refractivity contribution in [1.29, 1.82) is 0 Å². The Morgan fingerprint density at radius 2 is 2.05 bits per heavy atom. The molecular weight excluding hydrogens is 526 g/mol. The minimum absolute atomic E-state index is 0.211. The van der Waals surface area contributed by atoms with Crippen LogP contribution in [0.5, 0.6) is 0 Å². The highest BCUT2D eigenvalue weighted by atomic mass is 35.5. The number of carbonyl (C=O) groups excluding carboxylic acids is 1. The van der Waals surface area contributed by atoms with E-state index < -0.39 is 10.0 Å². The number of benzene rings is 1. The lowest BCUT2D eigenvalue weighted by atomic mass is 9.98. The zero-order valence-corrected chi connectivity index (χ0v) is 23.3. The van der Waals surface area contributed by atoms with E-state index in [1.165, 1.54) is 25.0 Å². The average molecular weight is 560 g/mol. The van der Waals surface area contributed by atoms with Gasteiger partial charge in [-0.15, -0.1) is 0 Å². The molecule has 12 heteroatoms. The van der Waals surface area contributed by atoms with Crippen molar-refractivity contribution in [1.82, 2.24) is 24.8 Å². The lowest BCUT2D eigenvalue weighted by Crippen LogP contribution is -2.39. The third-order valence-electron chi connectivity index (χ3n) is 7.22. The predicted molar refractivity (Wildman–Crippen MR) is 149 cm³/mol. The maximum Gasteiger partial charge on any atom is 0.256 e. The molecule has 1 unspecified atom stereocenters. The van der Waals surface area contributed by atoms with Crippen LogP contribution < -0.4 is 15.4 Å². The predicted octanol–water partition coefficient (Wildman–Crippen LogP) is 3.84. The van der Waals surface area contributed by atoms with Crippen LogP contribution in [0.1, 0.15) is 59.8 Å². The van der Waals surface area contributed by atoms with Crippen molar-refractivity contribution in [2.75, 3.05) is 42.5 Å². The summed E-state index contributed by atoms with van der Waals surface area (Å²) in [4.78, 5) is 20.4. The third-order valence-corrected chi connectivity index (χ3v) is 8.05. The Balaban J connectivity index is 1.41. The molecule has 1 amide bonds. The van der Waals surface area contributed by atoms with Crippen LogP contribution in [0.2, 0.25) is 5.02 Å². The molecule has 0 radical (unpaired) electrons. The van der Waals surface area contributed by atoms with Gasteiger partial charge in [-0.2, -0.15) is 5.10 Å². The molecule has 5 rings (SSSR count). The molecule has 0 spiro atoms. The van der Waals surface area contributed by atoms with Gasteiger partial charge in [0.1, 0.15) is 5.82 Å². The molecule has 204 valence electrons. The number of nitrogens with zero attached hydrogens (tertiary/aromatic N) is 4. The van der Waals surface area contributed by atoms with E-state index in [1.54, 1.807) is 15.5 Å². The summed E-state index contributed by atoms with van der Waals surface area (Å²) in [5, 5.41) is 12.1. The molecule has 0 bridgehead atoms. The van der Waals surface area contributed by atoms with E-state index >= 15 is 0 Å². The number of fused-ring (bicyclic) bond motifs is 1. The first-order chi connectivity index (χ1) is 18.2. The van der Waals surface area contributed by atoms with Crippen LogP contribution in [0.3, 0.4) is 0 Å². The number of amides is 1. The number of likely N-dealkylation sites (tertiary alicyclic amines) is 1. The summed E-state index contributed by atoms with van der Waals surface area (Å²) in [5.74, 6) is 1.14. The van der Waals surface area contributed by atoms with E-state index in [-0.39, 0.29) is 23.2 Å². The molecule has 3 aromatic rings. The van der Waals surface area contributed by atoms with Gasteiger partial charge in [-0.05, 0) is 76.2 Å². The van der Waals surface area contributed by atoms with Crippen LogP contribution in [0, 0.1) is 12.8 Å². The molecule has 4 heterocycles. The van der Waals surface area contributed by atoms with E-state index in [4.69, 9.17) is 21.7 Å². The molecule has 1 aromatic carbocycles. The van der Waals surface area contributed by atoms with E-state index in [1.807, 2.05) is 19.2 Å². The first-order valence-corrected chi connectivity index (χ1v) is 15.3. The molecule has 10 nitrogen and oxygen atoms in total. The molecule has 2 saturated heterocycles.